The van der Waals surface area contributed by atoms with Crippen molar-refractivity contribution < 1.29 is 19.0 Å². The smallest absolute Gasteiger partial charge is 0.348 e. The van der Waals surface area contributed by atoms with Crippen LogP contribution in [0.2, 0.25) is 0 Å². The van der Waals surface area contributed by atoms with E-state index in [2.05, 4.69) is 4.74 Å². The summed E-state index contributed by atoms with van der Waals surface area (Å²) in [7, 11) is 2.85. The number of hydrogen-bond donors (Lipinski definition) is 1. The van der Waals surface area contributed by atoms with Crippen LogP contribution in [-0.4, -0.2) is 32.8 Å². The maximum absolute atomic E-state index is 11.2. The van der Waals surface area contributed by atoms with Crippen molar-refractivity contribution in [2.45, 2.75) is 6.10 Å². The van der Waals surface area contributed by atoms with Gasteiger partial charge in [-0.3, -0.25) is 0 Å². The summed E-state index contributed by atoms with van der Waals surface area (Å²) in [5.41, 5.74) is 5.41. The molecule has 0 saturated heterocycles. The Morgan fingerprint density at radius 1 is 1.38 bits per heavy atom. The molecule has 16 heavy (non-hydrogen) atoms. The number of methoxy groups -OCH3 is 2. The summed E-state index contributed by atoms with van der Waals surface area (Å²) < 4.78 is 15.0. The van der Waals surface area contributed by atoms with Crippen LogP contribution in [0.3, 0.4) is 0 Å². The van der Waals surface area contributed by atoms with Gasteiger partial charge in [0.1, 0.15) is 11.5 Å². The van der Waals surface area contributed by atoms with Gasteiger partial charge in [-0.15, -0.1) is 0 Å². The normalized spacial score (nSPS) is 11.7. The summed E-state index contributed by atoms with van der Waals surface area (Å²) in [6.45, 7) is 0.0594. The van der Waals surface area contributed by atoms with Crippen LogP contribution < -0.4 is 15.2 Å². The third kappa shape index (κ3) is 3.13. The van der Waals surface area contributed by atoms with Gasteiger partial charge in [0.2, 0.25) is 6.10 Å². The number of ether oxygens (including phenoxy) is 3. The molecule has 0 radical (unpaired) electrons. The second kappa shape index (κ2) is 5.97. The zero-order chi connectivity index (χ0) is 12.0. The van der Waals surface area contributed by atoms with Gasteiger partial charge < -0.3 is 19.9 Å². The van der Waals surface area contributed by atoms with E-state index in [-0.39, 0.29) is 6.54 Å². The topological polar surface area (TPSA) is 70.8 Å². The maximum Gasteiger partial charge on any atom is 0.348 e. The number of benzene rings is 1. The molecule has 88 valence electrons. The molecule has 0 saturated carbocycles. The van der Waals surface area contributed by atoms with E-state index in [4.69, 9.17) is 15.2 Å². The first-order valence-corrected chi connectivity index (χ1v) is 4.80. The third-order valence-corrected chi connectivity index (χ3v) is 2.00. The fraction of sp³-hybridized carbons (Fsp3) is 0.364. The second-order valence-electron chi connectivity index (χ2n) is 3.04. The van der Waals surface area contributed by atoms with E-state index in [9.17, 15) is 4.79 Å². The fourth-order valence-electron chi connectivity index (χ4n) is 1.16. The van der Waals surface area contributed by atoms with Crippen molar-refractivity contribution in [1.29, 1.82) is 0 Å². The summed E-state index contributed by atoms with van der Waals surface area (Å²) in [6.07, 6.45) is -0.794. The van der Waals surface area contributed by atoms with Gasteiger partial charge in [-0.1, -0.05) is 6.07 Å². The number of esters is 1. The maximum atomic E-state index is 11.2. The van der Waals surface area contributed by atoms with E-state index < -0.39 is 12.1 Å². The lowest BCUT2D eigenvalue weighted by Crippen LogP contribution is -2.35. The molecule has 0 bridgehead atoms. The Bertz CT molecular complexity index is 354. The minimum absolute atomic E-state index is 0.0594. The van der Waals surface area contributed by atoms with Gasteiger partial charge in [-0.2, -0.15) is 0 Å². The molecular formula is C11H15NO4. The molecule has 1 unspecified atom stereocenters. The van der Waals surface area contributed by atoms with E-state index >= 15 is 0 Å². The summed E-state index contributed by atoms with van der Waals surface area (Å²) in [6, 6.07) is 6.93. The van der Waals surface area contributed by atoms with Crippen LogP contribution >= 0.6 is 0 Å². The quantitative estimate of drug-likeness (QED) is 0.742. The summed E-state index contributed by atoms with van der Waals surface area (Å²) in [4.78, 5) is 11.2. The first-order chi connectivity index (χ1) is 7.71. The third-order valence-electron chi connectivity index (χ3n) is 2.00. The first-order valence-electron chi connectivity index (χ1n) is 4.80. The Morgan fingerprint density at radius 2 is 2.06 bits per heavy atom. The first kappa shape index (κ1) is 12.3. The average Bonchev–Trinajstić information content (AvgIpc) is 2.35. The molecule has 1 aromatic rings. The molecule has 1 atom stereocenters. The Hall–Kier alpha value is -1.75. The van der Waals surface area contributed by atoms with Crippen LogP contribution in [0, 0.1) is 0 Å². The summed E-state index contributed by atoms with van der Waals surface area (Å²) >= 11 is 0. The van der Waals surface area contributed by atoms with Crippen molar-refractivity contribution in [2.75, 3.05) is 20.8 Å². The lowest BCUT2D eigenvalue weighted by molar-refractivity contribution is -0.148. The Labute approximate surface area is 94.1 Å². The van der Waals surface area contributed by atoms with Crippen molar-refractivity contribution in [3.8, 4) is 11.5 Å². The van der Waals surface area contributed by atoms with E-state index in [0.717, 1.165) is 0 Å². The Balaban J connectivity index is 2.73. The van der Waals surface area contributed by atoms with Gasteiger partial charge in [-0.25, -0.2) is 4.79 Å². The van der Waals surface area contributed by atoms with Crippen molar-refractivity contribution in [3.05, 3.63) is 24.3 Å². The van der Waals surface area contributed by atoms with Gasteiger partial charge in [0.25, 0.3) is 0 Å². The lowest BCUT2D eigenvalue weighted by atomic mass is 10.3. The lowest BCUT2D eigenvalue weighted by Gasteiger charge is -2.15. The van der Waals surface area contributed by atoms with Gasteiger partial charge in [0.05, 0.1) is 14.2 Å². The molecule has 2 N–H and O–H groups in total. The van der Waals surface area contributed by atoms with Crippen LogP contribution in [0.1, 0.15) is 0 Å². The van der Waals surface area contributed by atoms with Gasteiger partial charge in [0.15, 0.2) is 0 Å². The number of carbonyl (C=O) groups is 1. The Kier molecular flexibility index (Phi) is 4.60. The number of hydrogen-bond acceptors (Lipinski definition) is 5. The molecule has 1 rings (SSSR count). The van der Waals surface area contributed by atoms with Crippen LogP contribution in [0.5, 0.6) is 11.5 Å². The molecule has 0 aliphatic rings. The SMILES string of the molecule is COC(=O)C(CN)Oc1cccc(OC)c1. The second-order valence-corrected chi connectivity index (χ2v) is 3.04. The highest BCUT2D eigenvalue weighted by molar-refractivity contribution is 5.75. The monoisotopic (exact) mass is 225 g/mol. The Morgan fingerprint density at radius 3 is 2.62 bits per heavy atom. The predicted molar refractivity (Wildman–Crippen MR) is 58.5 cm³/mol. The zero-order valence-electron chi connectivity index (χ0n) is 9.30. The highest BCUT2D eigenvalue weighted by atomic mass is 16.6. The van der Waals surface area contributed by atoms with Gasteiger partial charge >= 0.3 is 5.97 Å². The predicted octanol–water partition coefficient (Wildman–Crippen LogP) is 0.574. The fourth-order valence-corrected chi connectivity index (χ4v) is 1.16. The van der Waals surface area contributed by atoms with Gasteiger partial charge in [-0.05, 0) is 12.1 Å². The van der Waals surface area contributed by atoms with Crippen LogP contribution in [0.4, 0.5) is 0 Å². The van der Waals surface area contributed by atoms with Crippen molar-refractivity contribution in [2.24, 2.45) is 5.73 Å². The molecule has 0 spiro atoms. The van der Waals surface area contributed by atoms with Crippen LogP contribution in [-0.2, 0) is 9.53 Å². The van der Waals surface area contributed by atoms with Crippen LogP contribution in [0.15, 0.2) is 24.3 Å². The molecular weight excluding hydrogens is 210 g/mol. The largest absolute Gasteiger partial charge is 0.497 e. The highest BCUT2D eigenvalue weighted by Crippen LogP contribution is 2.19. The summed E-state index contributed by atoms with van der Waals surface area (Å²) in [5.74, 6) is 0.670. The van der Waals surface area contributed by atoms with Gasteiger partial charge in [0, 0.05) is 12.6 Å². The average molecular weight is 225 g/mol. The van der Waals surface area contributed by atoms with Crippen molar-refractivity contribution >= 4 is 5.97 Å². The van der Waals surface area contributed by atoms with Crippen LogP contribution in [0.25, 0.3) is 0 Å². The molecule has 0 aliphatic carbocycles. The number of rotatable bonds is 5. The van der Waals surface area contributed by atoms with Crippen molar-refractivity contribution in [3.63, 3.8) is 0 Å². The van der Waals surface area contributed by atoms with E-state index in [1.165, 1.54) is 7.11 Å². The highest BCUT2D eigenvalue weighted by Gasteiger charge is 2.19. The molecule has 0 aliphatic heterocycles. The molecule has 5 heteroatoms. The number of nitrogens with two attached hydrogens (primary N) is 1. The number of carbonyl (C=O) groups excluding carboxylic acids is 1. The molecule has 0 fully saturated rings. The molecule has 1 aromatic carbocycles. The summed E-state index contributed by atoms with van der Waals surface area (Å²) in [5, 5.41) is 0. The van der Waals surface area contributed by atoms with E-state index in [1.54, 1.807) is 31.4 Å². The minimum atomic E-state index is -0.794. The molecule has 0 aromatic heterocycles. The van der Waals surface area contributed by atoms with Crippen molar-refractivity contribution in [1.82, 2.24) is 0 Å². The minimum Gasteiger partial charge on any atom is -0.497 e. The molecule has 5 nitrogen and oxygen atoms in total. The molecule has 0 heterocycles. The standard InChI is InChI=1S/C11H15NO4/c1-14-8-4-3-5-9(6-8)16-10(7-12)11(13)15-2/h3-6,10H,7,12H2,1-2H3. The van der Waals surface area contributed by atoms with E-state index in [0.29, 0.717) is 11.5 Å². The van der Waals surface area contributed by atoms with E-state index in [1.807, 2.05) is 0 Å². The zero-order valence-corrected chi connectivity index (χ0v) is 9.30. The molecule has 0 amide bonds.